The number of hydrogen-bond donors (Lipinski definition) is 2. The van der Waals surface area contributed by atoms with Gasteiger partial charge in [-0.2, -0.15) is 0 Å². The molecule has 1 heterocycles. The highest BCUT2D eigenvalue weighted by molar-refractivity contribution is 5.99. The number of pyridine rings is 1. The summed E-state index contributed by atoms with van der Waals surface area (Å²) in [5, 5.41) is 13.4. The Bertz CT molecular complexity index is 1430. The number of likely N-dealkylation sites (N-methyl/N-ethyl adjacent to an activating group) is 1. The number of carbonyl (C=O) groups is 1. The first-order chi connectivity index (χ1) is 19.3. The number of fused-ring (bicyclic) bond motifs is 1. The number of phenols is 1. The fourth-order valence-corrected chi connectivity index (χ4v) is 4.86. The number of aromatic nitrogens is 1. The van der Waals surface area contributed by atoms with Gasteiger partial charge in [0.1, 0.15) is 18.2 Å². The quantitative estimate of drug-likeness (QED) is 0.271. The molecule has 2 aromatic carbocycles. The van der Waals surface area contributed by atoms with Crippen molar-refractivity contribution < 1.29 is 23.8 Å². The predicted octanol–water partition coefficient (Wildman–Crippen LogP) is 5.15. The third-order valence-corrected chi connectivity index (χ3v) is 6.85. The van der Waals surface area contributed by atoms with Crippen LogP contribution in [-0.2, 0) is 11.2 Å². The molecule has 0 atom stereocenters. The van der Waals surface area contributed by atoms with Gasteiger partial charge in [0, 0.05) is 44.9 Å². The number of methoxy groups -OCH3 is 1. The number of allylic oxidation sites excluding steroid dienone is 1. The van der Waals surface area contributed by atoms with Gasteiger partial charge in [-0.05, 0) is 78.3 Å². The monoisotopic (exact) mass is 545 g/mol. The lowest BCUT2D eigenvalue weighted by Gasteiger charge is -2.19. The number of carbonyl (C=O) groups excluding carboxylic acids is 1. The molecule has 3 aromatic rings. The SMILES string of the molecule is COc1cc(C2=C(c3ccc(F)cc3C)CCCc3cc(O)ccc32)ncc1OCCNC/C=C/C(=O)N(C)C. The number of nitrogens with zero attached hydrogens (tertiary/aromatic N) is 2. The number of ether oxygens (including phenoxy) is 2. The second kappa shape index (κ2) is 13.3. The van der Waals surface area contributed by atoms with Crippen LogP contribution in [0.2, 0.25) is 0 Å². The number of amides is 1. The first-order valence-corrected chi connectivity index (χ1v) is 13.4. The number of nitrogens with one attached hydrogen (secondary N) is 1. The maximum absolute atomic E-state index is 14.0. The fraction of sp³-hybridized carbons (Fsp3) is 0.312. The van der Waals surface area contributed by atoms with Gasteiger partial charge in [-0.15, -0.1) is 0 Å². The van der Waals surface area contributed by atoms with Crippen molar-refractivity contribution >= 4 is 17.1 Å². The lowest BCUT2D eigenvalue weighted by molar-refractivity contribution is -0.123. The molecule has 0 aliphatic heterocycles. The molecule has 1 amide bonds. The van der Waals surface area contributed by atoms with Gasteiger partial charge in [0.15, 0.2) is 11.5 Å². The average molecular weight is 546 g/mol. The molecule has 0 spiro atoms. The van der Waals surface area contributed by atoms with E-state index in [4.69, 9.17) is 14.5 Å². The highest BCUT2D eigenvalue weighted by Gasteiger charge is 2.23. The number of halogens is 1. The minimum atomic E-state index is -0.267. The maximum Gasteiger partial charge on any atom is 0.245 e. The van der Waals surface area contributed by atoms with E-state index in [1.54, 1.807) is 45.6 Å². The van der Waals surface area contributed by atoms with E-state index < -0.39 is 0 Å². The molecule has 4 rings (SSSR count). The highest BCUT2D eigenvalue weighted by atomic mass is 19.1. The van der Waals surface area contributed by atoms with Crippen molar-refractivity contribution in [1.82, 2.24) is 15.2 Å². The molecule has 0 bridgehead atoms. The number of aromatic hydroxyl groups is 1. The van der Waals surface area contributed by atoms with Crippen molar-refractivity contribution in [1.29, 1.82) is 0 Å². The minimum absolute atomic E-state index is 0.0603. The van der Waals surface area contributed by atoms with E-state index in [2.05, 4.69) is 5.32 Å². The maximum atomic E-state index is 14.0. The number of phenolic OH excluding ortho intramolecular Hbond substituents is 1. The van der Waals surface area contributed by atoms with Crippen LogP contribution in [0.4, 0.5) is 4.39 Å². The third kappa shape index (κ3) is 6.87. The molecule has 2 N–H and O–H groups in total. The van der Waals surface area contributed by atoms with E-state index in [1.165, 1.54) is 17.0 Å². The van der Waals surface area contributed by atoms with Gasteiger partial charge in [0.2, 0.25) is 5.91 Å². The Labute approximate surface area is 235 Å². The largest absolute Gasteiger partial charge is 0.508 e. The Morgan fingerprint density at radius 2 is 1.93 bits per heavy atom. The van der Waals surface area contributed by atoms with Gasteiger partial charge in [-0.1, -0.05) is 18.2 Å². The summed E-state index contributed by atoms with van der Waals surface area (Å²) < 4.78 is 25.6. The lowest BCUT2D eigenvalue weighted by atomic mass is 9.88. The summed E-state index contributed by atoms with van der Waals surface area (Å²) in [5.41, 5.74) is 6.59. The Morgan fingerprint density at radius 1 is 1.12 bits per heavy atom. The zero-order valence-electron chi connectivity index (χ0n) is 23.5. The van der Waals surface area contributed by atoms with Crippen LogP contribution in [0.25, 0.3) is 11.1 Å². The van der Waals surface area contributed by atoms with E-state index in [-0.39, 0.29) is 17.5 Å². The normalized spacial score (nSPS) is 13.2. The summed E-state index contributed by atoms with van der Waals surface area (Å²) in [4.78, 5) is 17.9. The lowest BCUT2D eigenvalue weighted by Crippen LogP contribution is -2.22. The molecular weight excluding hydrogens is 509 g/mol. The Hall–Kier alpha value is -4.17. The molecule has 0 fully saturated rings. The molecule has 0 radical (unpaired) electrons. The van der Waals surface area contributed by atoms with Gasteiger partial charge >= 0.3 is 0 Å². The summed E-state index contributed by atoms with van der Waals surface area (Å²) in [5.74, 6) is 0.966. The molecule has 1 aliphatic rings. The van der Waals surface area contributed by atoms with Crippen LogP contribution >= 0.6 is 0 Å². The van der Waals surface area contributed by atoms with Gasteiger partial charge in [-0.25, -0.2) is 4.39 Å². The number of benzene rings is 2. The molecule has 7 nitrogen and oxygen atoms in total. The smallest absolute Gasteiger partial charge is 0.245 e. The van der Waals surface area contributed by atoms with Crippen LogP contribution in [0.3, 0.4) is 0 Å². The summed E-state index contributed by atoms with van der Waals surface area (Å²) in [6.07, 6.45) is 7.44. The highest BCUT2D eigenvalue weighted by Crippen LogP contribution is 2.42. The first-order valence-electron chi connectivity index (χ1n) is 13.4. The van der Waals surface area contributed by atoms with E-state index in [1.807, 2.05) is 31.2 Å². The second-order valence-corrected chi connectivity index (χ2v) is 9.92. The second-order valence-electron chi connectivity index (χ2n) is 9.92. The molecule has 8 heteroatoms. The average Bonchev–Trinajstić information content (AvgIpc) is 3.11. The summed E-state index contributed by atoms with van der Waals surface area (Å²) in [6.45, 7) is 3.42. The van der Waals surface area contributed by atoms with Crippen molar-refractivity contribution in [2.45, 2.75) is 26.2 Å². The zero-order chi connectivity index (χ0) is 28.6. The standard InChI is InChI=1S/C32H36FN3O4/c1-21-17-23(33)10-12-25(21)27-8-5-7-22-18-24(37)11-13-26(22)32(27)28-19-29(39-4)30(20-35-28)40-16-15-34-14-6-9-31(38)36(2)3/h6,9-13,17-20,34,37H,5,7-8,14-16H2,1-4H3/b9-6+. The molecule has 0 unspecified atom stereocenters. The molecule has 0 saturated heterocycles. The summed E-state index contributed by atoms with van der Waals surface area (Å²) >= 11 is 0. The van der Waals surface area contributed by atoms with E-state index in [9.17, 15) is 14.3 Å². The molecule has 210 valence electrons. The van der Waals surface area contributed by atoms with E-state index in [0.29, 0.717) is 36.9 Å². The topological polar surface area (TPSA) is 83.9 Å². The van der Waals surface area contributed by atoms with Gasteiger partial charge < -0.3 is 24.8 Å². The zero-order valence-corrected chi connectivity index (χ0v) is 23.5. The predicted molar refractivity (Wildman–Crippen MR) is 155 cm³/mol. The molecule has 1 aliphatic carbocycles. The minimum Gasteiger partial charge on any atom is -0.508 e. The fourth-order valence-electron chi connectivity index (χ4n) is 4.86. The van der Waals surface area contributed by atoms with Crippen LogP contribution in [0.5, 0.6) is 17.2 Å². The van der Waals surface area contributed by atoms with E-state index >= 15 is 0 Å². The number of rotatable bonds is 10. The van der Waals surface area contributed by atoms with Crippen LogP contribution in [-0.4, -0.2) is 61.8 Å². The van der Waals surface area contributed by atoms with Gasteiger partial charge in [0.25, 0.3) is 0 Å². The van der Waals surface area contributed by atoms with Crippen molar-refractivity contribution in [3.63, 3.8) is 0 Å². The molecule has 0 saturated carbocycles. The van der Waals surface area contributed by atoms with Crippen molar-refractivity contribution in [2.24, 2.45) is 0 Å². The first kappa shape index (κ1) is 28.8. The van der Waals surface area contributed by atoms with Crippen LogP contribution in [0.1, 0.15) is 40.8 Å². The van der Waals surface area contributed by atoms with E-state index in [0.717, 1.165) is 52.7 Å². The Balaban J connectivity index is 1.62. The third-order valence-electron chi connectivity index (χ3n) is 6.85. The molecular formula is C32H36FN3O4. The van der Waals surface area contributed by atoms with Crippen molar-refractivity contribution in [3.8, 4) is 17.2 Å². The Kier molecular flexibility index (Phi) is 9.56. The van der Waals surface area contributed by atoms with Gasteiger partial charge in [0.05, 0.1) is 19.0 Å². The number of hydrogen-bond acceptors (Lipinski definition) is 6. The molecule has 1 aromatic heterocycles. The number of aryl methyl sites for hydroxylation is 2. The Morgan fingerprint density at radius 3 is 2.67 bits per heavy atom. The van der Waals surface area contributed by atoms with Crippen molar-refractivity contribution in [2.75, 3.05) is 40.9 Å². The summed E-state index contributed by atoms with van der Waals surface area (Å²) in [6, 6.07) is 12.2. The molecule has 40 heavy (non-hydrogen) atoms. The van der Waals surface area contributed by atoms with Crippen LogP contribution in [0, 0.1) is 12.7 Å². The summed E-state index contributed by atoms with van der Waals surface area (Å²) in [7, 11) is 5.01. The van der Waals surface area contributed by atoms with Crippen LogP contribution < -0.4 is 14.8 Å². The van der Waals surface area contributed by atoms with Gasteiger partial charge in [-0.3, -0.25) is 9.78 Å². The van der Waals surface area contributed by atoms with Crippen LogP contribution in [0.15, 0.2) is 60.8 Å². The van der Waals surface area contributed by atoms with Crippen molar-refractivity contribution in [3.05, 3.63) is 94.6 Å².